The zero-order valence-electron chi connectivity index (χ0n) is 28.9. The number of unbranched alkanes of at least 4 members (excludes halogenated alkanes) is 1. The Morgan fingerprint density at radius 2 is 1.94 bits per heavy atom. The van der Waals surface area contributed by atoms with Crippen LogP contribution < -0.4 is 20.1 Å². The maximum Gasteiger partial charge on any atom is 0.449 e. The molecule has 0 saturated heterocycles. The Kier molecular flexibility index (Phi) is 13.9. The van der Waals surface area contributed by atoms with Gasteiger partial charge in [0.25, 0.3) is 0 Å². The number of aryl methyl sites for hydroxylation is 1. The fourth-order valence-electron chi connectivity index (χ4n) is 6.69. The number of ether oxygens (including phenoxy) is 3. The van der Waals surface area contributed by atoms with Gasteiger partial charge in [0.05, 0.1) is 29.8 Å². The molecule has 11 heteroatoms. The minimum absolute atomic E-state index is 0.0745. The van der Waals surface area contributed by atoms with Gasteiger partial charge >= 0.3 is 6.09 Å². The van der Waals surface area contributed by atoms with Crippen molar-refractivity contribution in [3.63, 3.8) is 0 Å². The minimum Gasteiger partial charge on any atom is -0.593 e. The van der Waals surface area contributed by atoms with Gasteiger partial charge in [-0.1, -0.05) is 60.2 Å². The molecule has 0 radical (unpaired) electrons. The van der Waals surface area contributed by atoms with Crippen LogP contribution in [-0.2, 0) is 33.8 Å². The first-order chi connectivity index (χ1) is 24.2. The molecule has 1 unspecified atom stereocenters. The molecule has 0 spiro atoms. The van der Waals surface area contributed by atoms with E-state index >= 15 is 0 Å². The summed E-state index contributed by atoms with van der Waals surface area (Å²) in [5.41, 5.74) is 10.3. The highest BCUT2D eigenvalue weighted by Gasteiger charge is 2.38. The highest BCUT2D eigenvalue weighted by molar-refractivity contribution is 7.90. The first-order valence-electron chi connectivity index (χ1n) is 17.4. The molecule has 3 aromatic rings. The molecule has 5 rings (SSSR count). The van der Waals surface area contributed by atoms with Crippen LogP contribution >= 0.6 is 11.6 Å². The lowest BCUT2D eigenvalue weighted by molar-refractivity contribution is 0.0134. The van der Waals surface area contributed by atoms with Crippen LogP contribution in [0.1, 0.15) is 78.6 Å². The highest BCUT2D eigenvalue weighted by Crippen LogP contribution is 2.42. The second kappa shape index (κ2) is 18.5. The third-order valence-electron chi connectivity index (χ3n) is 9.61. The summed E-state index contributed by atoms with van der Waals surface area (Å²) in [4.78, 5) is 26.8. The highest BCUT2D eigenvalue weighted by atomic mass is 35.5. The minimum atomic E-state index is -1.54. The molecule has 1 heterocycles. The van der Waals surface area contributed by atoms with Crippen LogP contribution in [0.5, 0.6) is 5.75 Å². The van der Waals surface area contributed by atoms with Crippen LogP contribution in [0, 0.1) is 11.8 Å². The Balaban J connectivity index is 1.20. The number of nitrogens with two attached hydrogens (primary N) is 1. The Hall–Kier alpha value is -3.70. The van der Waals surface area contributed by atoms with Crippen molar-refractivity contribution in [2.24, 2.45) is 17.6 Å². The van der Waals surface area contributed by atoms with Crippen molar-refractivity contribution in [1.29, 1.82) is 0 Å². The Bertz CT molecular complexity index is 1610. The van der Waals surface area contributed by atoms with Crippen molar-refractivity contribution in [2.75, 3.05) is 30.9 Å². The molecule has 2 amide bonds. The van der Waals surface area contributed by atoms with Crippen LogP contribution in [0.4, 0.5) is 10.5 Å². The number of carbonyl (C=O) groups is 2. The summed E-state index contributed by atoms with van der Waals surface area (Å²) in [6, 6.07) is 21.0. The van der Waals surface area contributed by atoms with Crippen LogP contribution in [0.15, 0.2) is 78.9 Å². The Morgan fingerprint density at radius 3 is 2.68 bits per heavy atom. The number of anilines is 1. The second-order valence-electron chi connectivity index (χ2n) is 13.0. The molecule has 1 aliphatic heterocycles. The summed E-state index contributed by atoms with van der Waals surface area (Å²) in [5.74, 6) is 1.24. The maximum atomic E-state index is 12.5. The monoisotopic (exact) mass is 721 g/mol. The average molecular weight is 722 g/mol. The maximum absolute atomic E-state index is 12.5. The number of amides is 2. The van der Waals surface area contributed by atoms with E-state index in [1.54, 1.807) is 20.1 Å². The molecule has 2 aliphatic rings. The van der Waals surface area contributed by atoms with Gasteiger partial charge in [-0.15, -0.1) is 4.72 Å². The normalized spacial score (nSPS) is 19.5. The van der Waals surface area contributed by atoms with Crippen LogP contribution in [0.25, 0.3) is 0 Å². The van der Waals surface area contributed by atoms with E-state index in [9.17, 15) is 14.1 Å². The standard InChI is InChI=1S/C39H48ClN3O6S/c1-27(28-11-5-3-6-12-28)49-39(45)42-50(46)22-10-4-7-14-36(47-2)34-19-16-32(34)26-43-25-31-15-18-33(40)23-29(31)13-8-9-21-48-37-20-17-30(38(41)44)24-35(37)43/h3,5-7,11-12,14-15,17-18,20,23-24,27,32,34,36H,4,8-10,13,16,19,21-22,25-26H2,1-2H3,(H2,41,44)(H,42,45)/b14-7+/t27-,32-,34+,36-,50?/m0/s1. The van der Waals surface area contributed by atoms with Gasteiger partial charge < -0.3 is 29.4 Å². The molecule has 50 heavy (non-hydrogen) atoms. The molecule has 3 N–H and O–H groups in total. The number of methoxy groups -OCH3 is 1. The SMILES string of the molecule is CO[C@@H](/C=C/CCC[S+]([O-])NC(=O)O[C@@H](C)c1ccccc1)[C@@H]1CC[C@H]1CN1Cc2ccc(Cl)cc2CCCCOc2ccc(C(N)=O)cc21. The van der Waals surface area contributed by atoms with Gasteiger partial charge in [0, 0.05) is 30.8 Å². The smallest absolute Gasteiger partial charge is 0.449 e. The fourth-order valence-corrected chi connectivity index (χ4v) is 7.65. The van der Waals surface area contributed by atoms with Gasteiger partial charge in [0.15, 0.2) is 0 Å². The quantitative estimate of drug-likeness (QED) is 0.105. The van der Waals surface area contributed by atoms with Gasteiger partial charge in [-0.05, 0) is 111 Å². The van der Waals surface area contributed by atoms with E-state index in [0.717, 1.165) is 60.7 Å². The fraction of sp³-hybridized carbons (Fsp3) is 0.436. The van der Waals surface area contributed by atoms with Gasteiger partial charge in [-0.2, -0.15) is 0 Å². The third kappa shape index (κ3) is 10.4. The number of hydrogen-bond acceptors (Lipinski definition) is 7. The average Bonchev–Trinajstić information content (AvgIpc) is 3.12. The van der Waals surface area contributed by atoms with E-state index in [0.29, 0.717) is 49.1 Å². The summed E-state index contributed by atoms with van der Waals surface area (Å²) < 4.78 is 32.5. The number of halogens is 1. The van der Waals surface area contributed by atoms with Crippen molar-refractivity contribution in [2.45, 2.75) is 70.6 Å². The third-order valence-corrected chi connectivity index (χ3v) is 10.9. The lowest BCUT2D eigenvalue weighted by Gasteiger charge is -2.43. The van der Waals surface area contributed by atoms with Gasteiger partial charge in [0.2, 0.25) is 5.91 Å². The number of fused-ring (bicyclic) bond motifs is 2. The summed E-state index contributed by atoms with van der Waals surface area (Å²) >= 11 is 4.88. The molecule has 5 atom stereocenters. The molecule has 1 aliphatic carbocycles. The van der Waals surface area contributed by atoms with Crippen molar-refractivity contribution < 1.29 is 28.4 Å². The van der Waals surface area contributed by atoms with E-state index in [1.807, 2.05) is 48.5 Å². The molecular formula is C39H48ClN3O6S. The summed E-state index contributed by atoms with van der Waals surface area (Å²) in [7, 11) is 1.74. The number of benzene rings is 3. The van der Waals surface area contributed by atoms with Crippen molar-refractivity contribution in [1.82, 2.24) is 4.72 Å². The van der Waals surface area contributed by atoms with Gasteiger partial charge in [0.1, 0.15) is 17.6 Å². The summed E-state index contributed by atoms with van der Waals surface area (Å²) in [6.45, 7) is 3.76. The Labute approximate surface area is 303 Å². The van der Waals surface area contributed by atoms with Crippen LogP contribution in [-0.4, -0.2) is 48.7 Å². The van der Waals surface area contributed by atoms with Crippen molar-refractivity contribution in [3.05, 3.63) is 106 Å². The zero-order chi connectivity index (χ0) is 35.5. The molecule has 1 saturated carbocycles. The number of allylic oxidation sites excluding steroid dienone is 1. The van der Waals surface area contributed by atoms with E-state index in [-0.39, 0.29) is 6.10 Å². The molecule has 268 valence electrons. The predicted octanol–water partition coefficient (Wildman–Crippen LogP) is 7.69. The summed E-state index contributed by atoms with van der Waals surface area (Å²) in [5, 5.41) is 0.727. The number of hydrogen-bond donors (Lipinski definition) is 2. The first kappa shape index (κ1) is 37.6. The Morgan fingerprint density at radius 1 is 1.12 bits per heavy atom. The van der Waals surface area contributed by atoms with Crippen LogP contribution in [0.3, 0.4) is 0 Å². The summed E-state index contributed by atoms with van der Waals surface area (Å²) in [6.07, 6.45) is 9.21. The molecule has 9 nitrogen and oxygen atoms in total. The van der Waals surface area contributed by atoms with E-state index in [2.05, 4.69) is 33.9 Å². The van der Waals surface area contributed by atoms with Crippen molar-refractivity contribution in [3.8, 4) is 5.75 Å². The molecule has 3 aromatic carbocycles. The number of rotatable bonds is 13. The lowest BCUT2D eigenvalue weighted by atomic mass is 9.70. The van der Waals surface area contributed by atoms with Gasteiger partial charge in [-0.3, -0.25) is 4.79 Å². The second-order valence-corrected chi connectivity index (χ2v) is 14.8. The molecule has 0 aromatic heterocycles. The van der Waals surface area contributed by atoms with Crippen molar-refractivity contribution >= 4 is 40.7 Å². The van der Waals surface area contributed by atoms with Gasteiger partial charge in [-0.25, -0.2) is 4.79 Å². The zero-order valence-corrected chi connectivity index (χ0v) is 30.4. The lowest BCUT2D eigenvalue weighted by Crippen LogP contribution is -2.43. The molecule has 0 bridgehead atoms. The molecule has 1 fully saturated rings. The van der Waals surface area contributed by atoms with E-state index in [4.69, 9.17) is 31.5 Å². The number of nitrogens with zero attached hydrogens (tertiary/aromatic N) is 1. The van der Waals surface area contributed by atoms with E-state index in [1.165, 1.54) is 11.1 Å². The number of carbonyl (C=O) groups excluding carboxylic acids is 2. The topological polar surface area (TPSA) is 126 Å². The first-order valence-corrected chi connectivity index (χ1v) is 19.1. The van der Waals surface area contributed by atoms with E-state index < -0.39 is 29.5 Å². The predicted molar refractivity (Wildman–Crippen MR) is 199 cm³/mol. The van der Waals surface area contributed by atoms with Crippen LogP contribution in [0.2, 0.25) is 5.02 Å². The number of nitrogens with one attached hydrogen (secondary N) is 1. The number of primary amides is 1. The largest absolute Gasteiger partial charge is 0.593 e. The molecular weight excluding hydrogens is 674 g/mol.